The summed E-state index contributed by atoms with van der Waals surface area (Å²) in [4.78, 5) is 0. The number of thiophene rings is 1. The van der Waals surface area contributed by atoms with Crippen LogP contribution < -0.4 is 4.74 Å². The lowest BCUT2D eigenvalue weighted by Gasteiger charge is -1.97. The fourth-order valence-corrected chi connectivity index (χ4v) is 2.32. The molecule has 0 saturated heterocycles. The molecular weight excluding hydrogens is 200 g/mol. The zero-order valence-corrected chi connectivity index (χ0v) is 8.47. The Morgan fingerprint density at radius 3 is 2.86 bits per heavy atom. The van der Waals surface area contributed by atoms with Crippen LogP contribution in [0.1, 0.15) is 6.92 Å². The predicted molar refractivity (Wildman–Crippen MR) is 56.3 cm³/mol. The van der Waals surface area contributed by atoms with Gasteiger partial charge in [-0.15, -0.1) is 0 Å². The fraction of sp³-hybridized carbons (Fsp3) is 0.200. The first kappa shape index (κ1) is 9.15. The number of hydrogen-bond donors (Lipinski definition) is 2. The molecule has 2 rings (SSSR count). The third-order valence-corrected chi connectivity index (χ3v) is 2.95. The first-order chi connectivity index (χ1) is 6.72. The summed E-state index contributed by atoms with van der Waals surface area (Å²) in [7, 11) is 0. The Balaban J connectivity index is 2.61. The van der Waals surface area contributed by atoms with E-state index in [-0.39, 0.29) is 11.5 Å². The largest absolute Gasteiger partial charge is 0.508 e. The van der Waals surface area contributed by atoms with Crippen molar-refractivity contribution in [1.29, 1.82) is 0 Å². The van der Waals surface area contributed by atoms with Crippen LogP contribution in [0, 0.1) is 0 Å². The van der Waals surface area contributed by atoms with E-state index in [0.717, 1.165) is 10.1 Å². The molecule has 74 valence electrons. The summed E-state index contributed by atoms with van der Waals surface area (Å²) in [5, 5.41) is 20.2. The van der Waals surface area contributed by atoms with Gasteiger partial charge in [-0.1, -0.05) is 11.3 Å². The second-order valence-electron chi connectivity index (χ2n) is 2.85. The molecule has 0 aliphatic rings. The monoisotopic (exact) mass is 210 g/mol. The van der Waals surface area contributed by atoms with E-state index in [1.807, 2.05) is 6.92 Å². The third kappa shape index (κ3) is 1.37. The van der Waals surface area contributed by atoms with Crippen LogP contribution in [0.2, 0.25) is 0 Å². The number of ether oxygens (including phenoxy) is 1. The minimum Gasteiger partial charge on any atom is -0.508 e. The highest BCUT2D eigenvalue weighted by atomic mass is 32.1. The van der Waals surface area contributed by atoms with Gasteiger partial charge in [-0.3, -0.25) is 0 Å². The first-order valence-electron chi connectivity index (χ1n) is 4.29. The van der Waals surface area contributed by atoms with E-state index in [2.05, 4.69) is 0 Å². The summed E-state index contributed by atoms with van der Waals surface area (Å²) in [6.07, 6.45) is 0. The third-order valence-electron chi connectivity index (χ3n) is 1.89. The molecule has 0 fully saturated rings. The molecule has 2 aromatic rings. The van der Waals surface area contributed by atoms with Gasteiger partial charge >= 0.3 is 0 Å². The van der Waals surface area contributed by atoms with Crippen molar-refractivity contribution in [2.45, 2.75) is 6.92 Å². The number of fused-ring (bicyclic) bond motifs is 1. The number of rotatable bonds is 2. The Kier molecular flexibility index (Phi) is 2.21. The number of phenols is 1. The molecule has 0 aliphatic heterocycles. The summed E-state index contributed by atoms with van der Waals surface area (Å²) < 4.78 is 6.07. The normalized spacial score (nSPS) is 10.6. The average molecular weight is 210 g/mol. The summed E-state index contributed by atoms with van der Waals surface area (Å²) >= 11 is 1.33. The van der Waals surface area contributed by atoms with Crippen LogP contribution in [-0.2, 0) is 0 Å². The van der Waals surface area contributed by atoms with Gasteiger partial charge in [0.2, 0.25) is 5.06 Å². The molecule has 0 unspecified atom stereocenters. The highest BCUT2D eigenvalue weighted by Crippen LogP contribution is 2.44. The number of phenolic OH excluding ortho intramolecular Hbond substituents is 1. The van der Waals surface area contributed by atoms with Crippen LogP contribution in [0.25, 0.3) is 10.1 Å². The Labute approximate surface area is 85.2 Å². The van der Waals surface area contributed by atoms with E-state index in [9.17, 15) is 10.2 Å². The predicted octanol–water partition coefficient (Wildman–Crippen LogP) is 2.71. The highest BCUT2D eigenvalue weighted by Gasteiger charge is 2.11. The van der Waals surface area contributed by atoms with Crippen molar-refractivity contribution >= 4 is 21.4 Å². The number of aromatic hydroxyl groups is 2. The molecule has 14 heavy (non-hydrogen) atoms. The van der Waals surface area contributed by atoms with Crippen molar-refractivity contribution in [3.63, 3.8) is 0 Å². The summed E-state index contributed by atoms with van der Waals surface area (Å²) in [6.45, 7) is 2.38. The maximum atomic E-state index is 9.72. The maximum absolute atomic E-state index is 9.72. The van der Waals surface area contributed by atoms with E-state index < -0.39 is 0 Å². The molecule has 0 bridgehead atoms. The van der Waals surface area contributed by atoms with E-state index >= 15 is 0 Å². The van der Waals surface area contributed by atoms with Crippen LogP contribution in [0.4, 0.5) is 0 Å². The SMILES string of the molecule is CCOc1sc2cc(O)ccc2c1O. The lowest BCUT2D eigenvalue weighted by Crippen LogP contribution is -1.87. The number of hydrogen-bond acceptors (Lipinski definition) is 4. The standard InChI is InChI=1S/C10H10O3S/c1-2-13-10-9(12)7-4-3-6(11)5-8(7)14-10/h3-5,11-12H,2H2,1H3. The van der Waals surface area contributed by atoms with Crippen LogP contribution in [0.5, 0.6) is 16.6 Å². The first-order valence-corrected chi connectivity index (χ1v) is 5.11. The van der Waals surface area contributed by atoms with Crippen molar-refractivity contribution in [3.05, 3.63) is 18.2 Å². The minimum absolute atomic E-state index is 0.159. The van der Waals surface area contributed by atoms with Crippen LogP contribution >= 0.6 is 11.3 Å². The van der Waals surface area contributed by atoms with Gasteiger partial charge in [0.15, 0.2) is 5.75 Å². The molecule has 3 nitrogen and oxygen atoms in total. The lowest BCUT2D eigenvalue weighted by atomic mass is 10.2. The van der Waals surface area contributed by atoms with Crippen LogP contribution in [-0.4, -0.2) is 16.8 Å². The molecule has 0 saturated carbocycles. The van der Waals surface area contributed by atoms with Crippen molar-refractivity contribution < 1.29 is 14.9 Å². The second kappa shape index (κ2) is 3.38. The van der Waals surface area contributed by atoms with E-state index in [1.54, 1.807) is 18.2 Å². The maximum Gasteiger partial charge on any atom is 0.217 e. The minimum atomic E-state index is 0.159. The Morgan fingerprint density at radius 1 is 1.36 bits per heavy atom. The highest BCUT2D eigenvalue weighted by molar-refractivity contribution is 7.21. The van der Waals surface area contributed by atoms with Gasteiger partial charge in [-0.05, 0) is 25.1 Å². The van der Waals surface area contributed by atoms with Gasteiger partial charge < -0.3 is 14.9 Å². The molecular formula is C10H10O3S. The molecule has 0 aliphatic carbocycles. The molecule has 0 amide bonds. The molecule has 0 spiro atoms. The zero-order chi connectivity index (χ0) is 10.1. The molecule has 4 heteroatoms. The summed E-state index contributed by atoms with van der Waals surface area (Å²) in [5.41, 5.74) is 0. The quantitative estimate of drug-likeness (QED) is 0.801. The van der Waals surface area contributed by atoms with Crippen molar-refractivity contribution in [1.82, 2.24) is 0 Å². The lowest BCUT2D eigenvalue weighted by molar-refractivity contribution is 0.330. The van der Waals surface area contributed by atoms with Crippen molar-refractivity contribution in [2.75, 3.05) is 6.61 Å². The summed E-state index contributed by atoms with van der Waals surface area (Å²) in [6, 6.07) is 4.84. The molecule has 0 radical (unpaired) electrons. The molecule has 1 aromatic carbocycles. The van der Waals surface area contributed by atoms with Gasteiger partial charge in [-0.2, -0.15) is 0 Å². The van der Waals surface area contributed by atoms with E-state index in [1.165, 1.54) is 11.3 Å². The average Bonchev–Trinajstić information content (AvgIpc) is 2.44. The zero-order valence-electron chi connectivity index (χ0n) is 7.65. The summed E-state index contributed by atoms with van der Waals surface area (Å²) in [5.74, 6) is 0.355. The van der Waals surface area contributed by atoms with Gasteiger partial charge in [0.25, 0.3) is 0 Å². The number of benzene rings is 1. The van der Waals surface area contributed by atoms with Gasteiger partial charge in [0.05, 0.1) is 6.61 Å². The van der Waals surface area contributed by atoms with Crippen LogP contribution in [0.15, 0.2) is 18.2 Å². The van der Waals surface area contributed by atoms with Gasteiger partial charge in [-0.25, -0.2) is 0 Å². The Morgan fingerprint density at radius 2 is 2.14 bits per heavy atom. The molecule has 1 heterocycles. The second-order valence-corrected chi connectivity index (χ2v) is 3.87. The van der Waals surface area contributed by atoms with Crippen LogP contribution in [0.3, 0.4) is 0 Å². The van der Waals surface area contributed by atoms with Gasteiger partial charge in [0.1, 0.15) is 5.75 Å². The fourth-order valence-electron chi connectivity index (χ4n) is 1.28. The molecule has 2 N–H and O–H groups in total. The Hall–Kier alpha value is -1.42. The molecule has 0 atom stereocenters. The van der Waals surface area contributed by atoms with E-state index in [4.69, 9.17) is 4.74 Å². The molecule has 1 aromatic heterocycles. The van der Waals surface area contributed by atoms with E-state index in [0.29, 0.717) is 11.7 Å². The Bertz CT molecular complexity index is 462. The van der Waals surface area contributed by atoms with Crippen molar-refractivity contribution in [2.24, 2.45) is 0 Å². The van der Waals surface area contributed by atoms with Crippen molar-refractivity contribution in [3.8, 4) is 16.6 Å². The topological polar surface area (TPSA) is 49.7 Å². The smallest absolute Gasteiger partial charge is 0.217 e. The van der Waals surface area contributed by atoms with Gasteiger partial charge in [0, 0.05) is 10.1 Å².